The molecule has 2 nitrogen and oxygen atoms in total. The van der Waals surface area contributed by atoms with Crippen LogP contribution in [0.25, 0.3) is 88.3 Å². The molecule has 1 heterocycles. The van der Waals surface area contributed by atoms with Gasteiger partial charge in [0.15, 0.2) is 0 Å². The first kappa shape index (κ1) is 37.6. The highest BCUT2D eigenvalue weighted by molar-refractivity contribution is 6.06. The first-order valence-electron chi connectivity index (χ1n) is 23.2. The summed E-state index contributed by atoms with van der Waals surface area (Å²) in [5.74, 6) is 0. The van der Waals surface area contributed by atoms with E-state index in [9.17, 15) is 0 Å². The first-order valence-corrected chi connectivity index (χ1v) is 23.2. The summed E-state index contributed by atoms with van der Waals surface area (Å²) < 4.78 is 6.24. The Morgan fingerprint density at radius 3 is 1.60 bits per heavy atom. The maximum atomic E-state index is 6.24. The molecule has 14 rings (SSSR count). The molecule has 0 unspecified atom stereocenters. The van der Waals surface area contributed by atoms with Crippen molar-refractivity contribution in [3.8, 4) is 55.6 Å². The Hall–Kier alpha value is -8.72. The molecule has 312 valence electrons. The molecule has 0 aliphatic heterocycles. The molecule has 11 aromatic carbocycles. The van der Waals surface area contributed by atoms with E-state index in [2.05, 4.69) is 241 Å². The van der Waals surface area contributed by atoms with Crippen molar-refractivity contribution in [2.75, 3.05) is 4.90 Å². The van der Waals surface area contributed by atoms with Crippen molar-refractivity contribution in [2.24, 2.45) is 0 Å². The molecular weight excluding hydrogens is 811 g/mol. The van der Waals surface area contributed by atoms with Gasteiger partial charge in [-0.25, -0.2) is 0 Å². The Balaban J connectivity index is 0.951. The molecule has 2 aliphatic carbocycles. The standard InChI is InChI=1S/C65H41NO/c1-2-15-44-38-46(29-28-42(44)14-1)43-30-34-49(35-31-43)66(50-17-13-16-45(39-50)47-33-37-64-57(40-47)56-22-7-12-27-63(56)67-64)62-26-11-6-18-51(62)48-32-36-55-54-21-5-10-25-60(54)65(61(55)41-48)58-23-8-3-19-52(58)53-20-4-9-24-59(53)65/h1-41H. The van der Waals surface area contributed by atoms with Gasteiger partial charge in [-0.2, -0.15) is 0 Å². The number of benzene rings is 11. The Kier molecular flexibility index (Phi) is 8.23. The van der Waals surface area contributed by atoms with Gasteiger partial charge in [-0.05, 0) is 144 Å². The highest BCUT2D eigenvalue weighted by atomic mass is 16.3. The average Bonchev–Trinajstić information content (AvgIpc) is 4.03. The van der Waals surface area contributed by atoms with Gasteiger partial charge < -0.3 is 9.32 Å². The number of nitrogens with zero attached hydrogens (tertiary/aromatic N) is 1. The fraction of sp³-hybridized carbons (Fsp3) is 0.0154. The van der Waals surface area contributed by atoms with Crippen LogP contribution in [-0.4, -0.2) is 0 Å². The second-order valence-electron chi connectivity index (χ2n) is 18.0. The molecule has 2 aliphatic rings. The number of fused-ring (bicyclic) bond motifs is 14. The number of hydrogen-bond acceptors (Lipinski definition) is 2. The minimum atomic E-state index is -0.432. The molecule has 2 heteroatoms. The summed E-state index contributed by atoms with van der Waals surface area (Å²) in [4.78, 5) is 2.44. The molecule has 0 saturated heterocycles. The molecule has 1 spiro atoms. The lowest BCUT2D eigenvalue weighted by Gasteiger charge is -2.31. The molecule has 67 heavy (non-hydrogen) atoms. The van der Waals surface area contributed by atoms with Gasteiger partial charge in [0.2, 0.25) is 0 Å². The van der Waals surface area contributed by atoms with Crippen molar-refractivity contribution in [1.82, 2.24) is 0 Å². The Morgan fingerprint density at radius 2 is 0.836 bits per heavy atom. The van der Waals surface area contributed by atoms with Crippen molar-refractivity contribution >= 4 is 49.8 Å². The highest BCUT2D eigenvalue weighted by Gasteiger charge is 2.51. The Morgan fingerprint density at radius 1 is 0.284 bits per heavy atom. The van der Waals surface area contributed by atoms with Crippen molar-refractivity contribution in [2.45, 2.75) is 5.41 Å². The van der Waals surface area contributed by atoms with E-state index in [0.29, 0.717) is 0 Å². The Labute approximate surface area is 389 Å². The third-order valence-corrected chi connectivity index (χ3v) is 14.5. The van der Waals surface area contributed by atoms with E-state index in [1.807, 2.05) is 12.1 Å². The molecule has 0 saturated carbocycles. The predicted molar refractivity (Wildman–Crippen MR) is 279 cm³/mol. The molecule has 12 aromatic rings. The number of rotatable bonds is 6. The molecule has 0 atom stereocenters. The van der Waals surface area contributed by atoms with Crippen LogP contribution in [0.4, 0.5) is 17.1 Å². The van der Waals surface area contributed by atoms with E-state index in [0.717, 1.165) is 55.7 Å². The lowest BCUT2D eigenvalue weighted by atomic mass is 9.70. The summed E-state index contributed by atoms with van der Waals surface area (Å²) in [7, 11) is 0. The zero-order valence-corrected chi connectivity index (χ0v) is 36.5. The van der Waals surface area contributed by atoms with Crippen LogP contribution in [0.3, 0.4) is 0 Å². The molecule has 0 bridgehead atoms. The topological polar surface area (TPSA) is 16.4 Å². The normalized spacial score (nSPS) is 12.9. The fourth-order valence-electron chi connectivity index (χ4n) is 11.5. The van der Waals surface area contributed by atoms with Gasteiger partial charge >= 0.3 is 0 Å². The third kappa shape index (κ3) is 5.63. The largest absolute Gasteiger partial charge is 0.456 e. The molecule has 1 aromatic heterocycles. The Bertz CT molecular complexity index is 3880. The third-order valence-electron chi connectivity index (χ3n) is 14.5. The van der Waals surface area contributed by atoms with Gasteiger partial charge in [0.1, 0.15) is 11.2 Å². The minimum Gasteiger partial charge on any atom is -0.456 e. The van der Waals surface area contributed by atoms with Crippen molar-refractivity contribution in [3.63, 3.8) is 0 Å². The van der Waals surface area contributed by atoms with Crippen LogP contribution in [0, 0.1) is 0 Å². The van der Waals surface area contributed by atoms with Crippen molar-refractivity contribution < 1.29 is 4.42 Å². The number of furan rings is 1. The zero-order valence-electron chi connectivity index (χ0n) is 36.5. The summed E-state index contributed by atoms with van der Waals surface area (Å²) in [6.45, 7) is 0. The number of para-hydroxylation sites is 2. The van der Waals surface area contributed by atoms with Crippen LogP contribution < -0.4 is 4.90 Å². The number of hydrogen-bond donors (Lipinski definition) is 0. The number of anilines is 3. The van der Waals surface area contributed by atoms with E-state index in [-0.39, 0.29) is 0 Å². The summed E-state index contributed by atoms with van der Waals surface area (Å²) in [5.41, 5.74) is 22.2. The van der Waals surface area contributed by atoms with Gasteiger partial charge in [-0.1, -0.05) is 188 Å². The summed E-state index contributed by atoms with van der Waals surface area (Å²) >= 11 is 0. The van der Waals surface area contributed by atoms with E-state index < -0.39 is 5.41 Å². The fourth-order valence-corrected chi connectivity index (χ4v) is 11.5. The van der Waals surface area contributed by atoms with Crippen molar-refractivity contribution in [3.05, 3.63) is 271 Å². The van der Waals surface area contributed by atoms with Crippen LogP contribution in [0.15, 0.2) is 253 Å². The molecule has 0 radical (unpaired) electrons. The molecular formula is C65H41NO. The maximum Gasteiger partial charge on any atom is 0.135 e. The van der Waals surface area contributed by atoms with Crippen LogP contribution in [0.5, 0.6) is 0 Å². The van der Waals surface area contributed by atoms with Crippen LogP contribution in [0.1, 0.15) is 22.3 Å². The van der Waals surface area contributed by atoms with Gasteiger partial charge in [0.25, 0.3) is 0 Å². The highest BCUT2D eigenvalue weighted by Crippen LogP contribution is 2.63. The summed E-state index contributed by atoms with van der Waals surface area (Å²) in [6, 6.07) is 91.5. The van der Waals surface area contributed by atoms with E-state index >= 15 is 0 Å². The average molecular weight is 852 g/mol. The molecule has 0 amide bonds. The van der Waals surface area contributed by atoms with Crippen LogP contribution in [-0.2, 0) is 5.41 Å². The van der Waals surface area contributed by atoms with Gasteiger partial charge in [0, 0.05) is 27.7 Å². The molecule has 0 N–H and O–H groups in total. The quantitative estimate of drug-likeness (QED) is 0.166. The predicted octanol–water partition coefficient (Wildman–Crippen LogP) is 17.6. The lowest BCUT2D eigenvalue weighted by Crippen LogP contribution is -2.25. The van der Waals surface area contributed by atoms with Gasteiger partial charge in [-0.3, -0.25) is 0 Å². The van der Waals surface area contributed by atoms with E-state index in [1.54, 1.807) is 0 Å². The second kappa shape index (κ2) is 14.7. The van der Waals surface area contributed by atoms with E-state index in [1.165, 1.54) is 72.0 Å². The first-order chi connectivity index (χ1) is 33.2. The van der Waals surface area contributed by atoms with Gasteiger partial charge in [0.05, 0.1) is 11.1 Å². The summed E-state index contributed by atoms with van der Waals surface area (Å²) in [5, 5.41) is 4.73. The lowest BCUT2D eigenvalue weighted by molar-refractivity contribution is 0.669. The minimum absolute atomic E-state index is 0.432. The molecule has 0 fully saturated rings. The van der Waals surface area contributed by atoms with Crippen molar-refractivity contribution in [1.29, 1.82) is 0 Å². The van der Waals surface area contributed by atoms with Crippen LogP contribution >= 0.6 is 0 Å². The smallest absolute Gasteiger partial charge is 0.135 e. The second-order valence-corrected chi connectivity index (χ2v) is 18.0. The van der Waals surface area contributed by atoms with E-state index in [4.69, 9.17) is 4.42 Å². The monoisotopic (exact) mass is 851 g/mol. The zero-order chi connectivity index (χ0) is 44.1. The van der Waals surface area contributed by atoms with Crippen LogP contribution in [0.2, 0.25) is 0 Å². The maximum absolute atomic E-state index is 6.24. The summed E-state index contributed by atoms with van der Waals surface area (Å²) in [6.07, 6.45) is 0. The SMILES string of the molecule is c1cc(-c2ccc3oc4ccccc4c3c2)cc(N(c2ccc(-c3ccc4ccccc4c3)cc2)c2ccccc2-c2ccc3c(c2)C2(c4ccccc4-c4ccccc42)c2ccccc2-3)c1. The van der Waals surface area contributed by atoms with Gasteiger partial charge in [-0.15, -0.1) is 0 Å².